The van der Waals surface area contributed by atoms with Gasteiger partial charge in [0.25, 0.3) is 0 Å². The van der Waals surface area contributed by atoms with Gasteiger partial charge < -0.3 is 9.47 Å². The van der Waals surface area contributed by atoms with E-state index in [4.69, 9.17) is 5.26 Å². The van der Waals surface area contributed by atoms with Gasteiger partial charge in [-0.05, 0) is 62.1 Å². The second-order valence-electron chi connectivity index (χ2n) is 9.62. The Morgan fingerprint density at radius 2 is 1.86 bits per heavy atom. The monoisotopic (exact) mass is 469 g/mol. The molecule has 182 valence electrons. The van der Waals surface area contributed by atoms with Crippen molar-refractivity contribution in [2.45, 2.75) is 66.1 Å². The van der Waals surface area contributed by atoms with Crippen LogP contribution in [0, 0.1) is 32.1 Å². The second-order valence-corrected chi connectivity index (χ2v) is 9.62. The van der Waals surface area contributed by atoms with E-state index in [1.165, 1.54) is 11.1 Å². The number of imidazole rings is 1. The largest absolute Gasteiger partial charge is 0.327 e. The highest BCUT2D eigenvalue weighted by Crippen LogP contribution is 2.28. The quantitative estimate of drug-likeness (QED) is 0.458. The summed E-state index contributed by atoms with van der Waals surface area (Å²) in [5.41, 5.74) is 6.34. The molecule has 1 aliphatic heterocycles. The minimum atomic E-state index is 0.154. The van der Waals surface area contributed by atoms with Gasteiger partial charge in [0.2, 0.25) is 5.91 Å². The molecular weight excluding hydrogens is 434 g/mol. The molecule has 0 unspecified atom stereocenters. The second kappa shape index (κ2) is 10.9. The van der Waals surface area contributed by atoms with E-state index in [0.717, 1.165) is 42.0 Å². The summed E-state index contributed by atoms with van der Waals surface area (Å²) in [6, 6.07) is 16.4. The van der Waals surface area contributed by atoms with Crippen LogP contribution in [0.1, 0.15) is 60.0 Å². The molecule has 1 fully saturated rings. The van der Waals surface area contributed by atoms with E-state index in [9.17, 15) is 4.79 Å². The van der Waals surface area contributed by atoms with Gasteiger partial charge in [-0.25, -0.2) is 4.98 Å². The number of aryl methyl sites for hydroxylation is 2. The van der Waals surface area contributed by atoms with Crippen molar-refractivity contribution >= 4 is 11.6 Å². The molecule has 0 radical (unpaired) electrons. The van der Waals surface area contributed by atoms with Crippen LogP contribution in [-0.4, -0.2) is 39.5 Å². The Labute approximate surface area is 208 Å². The molecule has 1 aromatic heterocycles. The van der Waals surface area contributed by atoms with Gasteiger partial charge in [0.05, 0.1) is 23.9 Å². The standard InChI is InChI=1S/C29H35N5O/c1-5-6-9-26-19-34(28-10-7-8-21(2)22(28)3)29(35)20-32(26)18-27-16-31-23(4)33(27)17-25-13-11-24(15-30)12-14-25/h7-8,10-14,16,26H,5-6,9,17-20H2,1-4H3/t26-/m0/s1. The van der Waals surface area contributed by atoms with Gasteiger partial charge in [-0.3, -0.25) is 9.69 Å². The Morgan fingerprint density at radius 3 is 2.57 bits per heavy atom. The summed E-state index contributed by atoms with van der Waals surface area (Å²) in [4.78, 5) is 22.3. The summed E-state index contributed by atoms with van der Waals surface area (Å²) in [6.07, 6.45) is 5.28. The van der Waals surface area contributed by atoms with Crippen LogP contribution in [0.5, 0.6) is 0 Å². The summed E-state index contributed by atoms with van der Waals surface area (Å²) in [7, 11) is 0. The highest BCUT2D eigenvalue weighted by Gasteiger charge is 2.33. The maximum atomic E-state index is 13.4. The Balaban J connectivity index is 1.56. The molecule has 2 heterocycles. The van der Waals surface area contributed by atoms with Crippen molar-refractivity contribution in [3.05, 3.63) is 82.4 Å². The normalized spacial score (nSPS) is 16.5. The number of anilines is 1. The number of amides is 1. The van der Waals surface area contributed by atoms with E-state index in [-0.39, 0.29) is 5.91 Å². The molecular formula is C29H35N5O. The zero-order valence-electron chi connectivity index (χ0n) is 21.3. The number of nitrogens with zero attached hydrogens (tertiary/aromatic N) is 5. The van der Waals surface area contributed by atoms with Crippen molar-refractivity contribution in [3.8, 4) is 6.07 Å². The Hall–Kier alpha value is -3.43. The van der Waals surface area contributed by atoms with E-state index < -0.39 is 0 Å². The third kappa shape index (κ3) is 5.47. The number of hydrogen-bond donors (Lipinski definition) is 0. The molecule has 1 atom stereocenters. The molecule has 6 nitrogen and oxygen atoms in total. The lowest BCUT2D eigenvalue weighted by Gasteiger charge is -2.41. The fraction of sp³-hybridized carbons (Fsp3) is 0.414. The van der Waals surface area contributed by atoms with E-state index in [1.807, 2.05) is 48.4 Å². The number of rotatable bonds is 8. The predicted octanol–water partition coefficient (Wildman–Crippen LogP) is 5.14. The fourth-order valence-electron chi connectivity index (χ4n) is 4.91. The van der Waals surface area contributed by atoms with Crippen LogP contribution in [0.3, 0.4) is 0 Å². The molecule has 0 spiro atoms. The van der Waals surface area contributed by atoms with Gasteiger partial charge in [-0.15, -0.1) is 0 Å². The lowest BCUT2D eigenvalue weighted by Crippen LogP contribution is -2.56. The van der Waals surface area contributed by atoms with Gasteiger partial charge in [0, 0.05) is 37.6 Å². The van der Waals surface area contributed by atoms with E-state index in [0.29, 0.717) is 37.8 Å². The molecule has 6 heteroatoms. The van der Waals surface area contributed by atoms with Gasteiger partial charge >= 0.3 is 0 Å². The fourth-order valence-corrected chi connectivity index (χ4v) is 4.91. The first-order chi connectivity index (χ1) is 16.9. The van der Waals surface area contributed by atoms with Crippen molar-refractivity contribution in [1.29, 1.82) is 5.26 Å². The minimum absolute atomic E-state index is 0.154. The van der Waals surface area contributed by atoms with Gasteiger partial charge in [-0.2, -0.15) is 5.26 Å². The Morgan fingerprint density at radius 1 is 1.09 bits per heavy atom. The molecule has 2 aromatic carbocycles. The molecule has 0 N–H and O–H groups in total. The average molecular weight is 470 g/mol. The van der Waals surface area contributed by atoms with Crippen molar-refractivity contribution in [2.24, 2.45) is 0 Å². The number of aromatic nitrogens is 2. The topological polar surface area (TPSA) is 65.2 Å². The smallest absolute Gasteiger partial charge is 0.241 e. The molecule has 0 bridgehead atoms. The number of nitriles is 1. The summed E-state index contributed by atoms with van der Waals surface area (Å²) in [5, 5.41) is 9.08. The molecule has 1 amide bonds. The summed E-state index contributed by atoms with van der Waals surface area (Å²) < 4.78 is 2.22. The lowest BCUT2D eigenvalue weighted by atomic mass is 10.0. The Bertz CT molecular complexity index is 1220. The summed E-state index contributed by atoms with van der Waals surface area (Å²) in [6.45, 7) is 11.0. The molecule has 35 heavy (non-hydrogen) atoms. The first-order valence-corrected chi connectivity index (χ1v) is 12.5. The van der Waals surface area contributed by atoms with E-state index in [1.54, 1.807) is 0 Å². The molecule has 4 rings (SSSR count). The molecule has 1 saturated heterocycles. The number of carbonyl (C=O) groups is 1. The van der Waals surface area contributed by atoms with Crippen molar-refractivity contribution in [2.75, 3.05) is 18.0 Å². The van der Waals surface area contributed by atoms with Crippen molar-refractivity contribution in [3.63, 3.8) is 0 Å². The highest BCUT2D eigenvalue weighted by atomic mass is 16.2. The maximum Gasteiger partial charge on any atom is 0.241 e. The number of carbonyl (C=O) groups excluding carboxylic acids is 1. The van der Waals surface area contributed by atoms with Crippen LogP contribution in [-0.2, 0) is 17.9 Å². The first-order valence-electron chi connectivity index (χ1n) is 12.5. The van der Waals surface area contributed by atoms with Gasteiger partial charge in [0.15, 0.2) is 0 Å². The number of unbranched alkanes of at least 4 members (excludes halogenated alkanes) is 1. The number of piperazine rings is 1. The van der Waals surface area contributed by atoms with Crippen LogP contribution >= 0.6 is 0 Å². The highest BCUT2D eigenvalue weighted by molar-refractivity contribution is 5.96. The molecule has 3 aromatic rings. The van der Waals surface area contributed by atoms with E-state index in [2.05, 4.69) is 53.4 Å². The SMILES string of the molecule is CCCC[C@H]1CN(c2cccc(C)c2C)C(=O)CN1Cc1cnc(C)n1Cc1ccc(C#N)cc1. The van der Waals surface area contributed by atoms with Gasteiger partial charge in [0.1, 0.15) is 5.82 Å². The van der Waals surface area contributed by atoms with Gasteiger partial charge in [-0.1, -0.05) is 44.0 Å². The third-order valence-electron chi connectivity index (χ3n) is 7.23. The summed E-state index contributed by atoms with van der Waals surface area (Å²) >= 11 is 0. The Kier molecular flexibility index (Phi) is 7.67. The molecule has 1 aliphatic rings. The number of benzene rings is 2. The predicted molar refractivity (Wildman–Crippen MR) is 139 cm³/mol. The first kappa shape index (κ1) is 24.7. The average Bonchev–Trinajstić information content (AvgIpc) is 3.19. The van der Waals surface area contributed by atoms with Crippen LogP contribution in [0.15, 0.2) is 48.7 Å². The van der Waals surface area contributed by atoms with Crippen LogP contribution < -0.4 is 4.90 Å². The minimum Gasteiger partial charge on any atom is -0.327 e. The number of hydrogen-bond acceptors (Lipinski definition) is 4. The van der Waals surface area contributed by atoms with Crippen LogP contribution in [0.4, 0.5) is 5.69 Å². The van der Waals surface area contributed by atoms with E-state index >= 15 is 0 Å². The maximum absolute atomic E-state index is 13.4. The van der Waals surface area contributed by atoms with Crippen LogP contribution in [0.25, 0.3) is 0 Å². The zero-order valence-corrected chi connectivity index (χ0v) is 21.3. The molecule has 0 saturated carbocycles. The molecule has 0 aliphatic carbocycles. The van der Waals surface area contributed by atoms with Crippen LogP contribution in [0.2, 0.25) is 0 Å². The third-order valence-corrected chi connectivity index (χ3v) is 7.23. The lowest BCUT2D eigenvalue weighted by molar-refractivity contribution is -0.122. The summed E-state index contributed by atoms with van der Waals surface area (Å²) in [5.74, 6) is 1.11. The zero-order chi connectivity index (χ0) is 24.9. The van der Waals surface area contributed by atoms with Crippen molar-refractivity contribution < 1.29 is 4.79 Å². The van der Waals surface area contributed by atoms with Crippen molar-refractivity contribution in [1.82, 2.24) is 14.5 Å².